The van der Waals surface area contributed by atoms with Gasteiger partial charge in [-0.05, 0) is 55.2 Å². The normalized spacial score (nSPS) is 19.0. The first kappa shape index (κ1) is 23.1. The fraction of sp³-hybridized carbons (Fsp3) is 0.296. The van der Waals surface area contributed by atoms with Gasteiger partial charge in [0.15, 0.2) is 0 Å². The van der Waals surface area contributed by atoms with E-state index < -0.39 is 17.7 Å². The third-order valence-corrected chi connectivity index (χ3v) is 6.06. The van der Waals surface area contributed by atoms with Crippen LogP contribution in [0.25, 0.3) is 0 Å². The SMILES string of the molecule is Cc1ccc(N2C(=O)C(c3ccc(C(F)(F)F)cc3)CC[C@H]2COCc2ccccc2)cc1. The number of rotatable bonds is 6. The summed E-state index contributed by atoms with van der Waals surface area (Å²) in [6, 6.07) is 22.4. The summed E-state index contributed by atoms with van der Waals surface area (Å²) in [6.45, 7) is 2.82. The molecule has 1 amide bonds. The molecule has 3 aromatic rings. The van der Waals surface area contributed by atoms with Gasteiger partial charge in [0.05, 0.1) is 30.7 Å². The Morgan fingerprint density at radius 3 is 2.21 bits per heavy atom. The van der Waals surface area contributed by atoms with Gasteiger partial charge < -0.3 is 9.64 Å². The quantitative estimate of drug-likeness (QED) is 0.426. The van der Waals surface area contributed by atoms with Crippen LogP contribution in [0, 0.1) is 6.92 Å². The zero-order valence-electron chi connectivity index (χ0n) is 18.4. The number of anilines is 1. The van der Waals surface area contributed by atoms with Crippen LogP contribution in [0.3, 0.4) is 0 Å². The molecule has 0 saturated carbocycles. The number of carbonyl (C=O) groups excluding carboxylic acids is 1. The van der Waals surface area contributed by atoms with Crippen molar-refractivity contribution in [1.29, 1.82) is 0 Å². The topological polar surface area (TPSA) is 29.5 Å². The zero-order chi connectivity index (χ0) is 23.4. The molecular weight excluding hydrogens is 427 g/mol. The highest BCUT2D eigenvalue weighted by atomic mass is 19.4. The molecule has 1 unspecified atom stereocenters. The Balaban J connectivity index is 1.54. The minimum absolute atomic E-state index is 0.113. The monoisotopic (exact) mass is 453 g/mol. The standard InChI is InChI=1S/C27H26F3NO2/c1-19-7-13-23(14-8-19)31-24(18-33-17-20-5-3-2-4-6-20)15-16-25(26(31)32)21-9-11-22(12-10-21)27(28,29)30/h2-14,24-25H,15-18H2,1H3/t24-,25?/m0/s1. The molecule has 0 aliphatic carbocycles. The molecule has 0 radical (unpaired) electrons. The second-order valence-corrected chi connectivity index (χ2v) is 8.45. The van der Waals surface area contributed by atoms with Gasteiger partial charge in [-0.3, -0.25) is 4.79 Å². The van der Waals surface area contributed by atoms with Gasteiger partial charge in [-0.25, -0.2) is 0 Å². The lowest BCUT2D eigenvalue weighted by atomic mass is 9.86. The number of alkyl halides is 3. The number of amides is 1. The van der Waals surface area contributed by atoms with E-state index in [-0.39, 0.29) is 11.9 Å². The van der Waals surface area contributed by atoms with E-state index in [4.69, 9.17) is 4.74 Å². The summed E-state index contributed by atoms with van der Waals surface area (Å²) in [5.74, 6) is -0.600. The van der Waals surface area contributed by atoms with Crippen molar-refractivity contribution < 1.29 is 22.7 Å². The van der Waals surface area contributed by atoms with Crippen molar-refractivity contribution >= 4 is 11.6 Å². The maximum Gasteiger partial charge on any atom is 0.416 e. The second kappa shape index (κ2) is 9.79. The first-order valence-electron chi connectivity index (χ1n) is 11.0. The number of aryl methyl sites for hydroxylation is 1. The van der Waals surface area contributed by atoms with Crippen LogP contribution in [-0.4, -0.2) is 18.6 Å². The summed E-state index contributed by atoms with van der Waals surface area (Å²) in [4.78, 5) is 15.3. The molecule has 0 aromatic heterocycles. The van der Waals surface area contributed by atoms with Crippen LogP contribution >= 0.6 is 0 Å². The van der Waals surface area contributed by atoms with Crippen LogP contribution in [0.5, 0.6) is 0 Å². The van der Waals surface area contributed by atoms with E-state index >= 15 is 0 Å². The summed E-state index contributed by atoms with van der Waals surface area (Å²) < 4.78 is 44.8. The van der Waals surface area contributed by atoms with Crippen molar-refractivity contribution in [2.75, 3.05) is 11.5 Å². The average Bonchev–Trinajstić information content (AvgIpc) is 2.80. The van der Waals surface area contributed by atoms with Crippen molar-refractivity contribution in [3.8, 4) is 0 Å². The van der Waals surface area contributed by atoms with E-state index in [1.165, 1.54) is 12.1 Å². The van der Waals surface area contributed by atoms with Gasteiger partial charge in [0.2, 0.25) is 5.91 Å². The fourth-order valence-corrected chi connectivity index (χ4v) is 4.26. The second-order valence-electron chi connectivity index (χ2n) is 8.45. The molecule has 1 heterocycles. The van der Waals surface area contributed by atoms with E-state index in [1.807, 2.05) is 61.5 Å². The highest BCUT2D eigenvalue weighted by Gasteiger charge is 2.38. The summed E-state index contributed by atoms with van der Waals surface area (Å²) in [5, 5.41) is 0. The molecule has 0 bridgehead atoms. The number of hydrogen-bond acceptors (Lipinski definition) is 2. The van der Waals surface area contributed by atoms with E-state index in [1.54, 1.807) is 4.90 Å². The highest BCUT2D eigenvalue weighted by molar-refractivity contribution is 5.99. The summed E-state index contributed by atoms with van der Waals surface area (Å²) in [5.41, 5.74) is 2.81. The molecule has 3 aromatic carbocycles. The molecule has 1 saturated heterocycles. The number of hydrogen-bond donors (Lipinski definition) is 0. The van der Waals surface area contributed by atoms with E-state index in [9.17, 15) is 18.0 Å². The maximum absolute atomic E-state index is 13.6. The van der Waals surface area contributed by atoms with E-state index in [0.29, 0.717) is 31.6 Å². The number of piperidine rings is 1. The molecule has 172 valence electrons. The van der Waals surface area contributed by atoms with Crippen LogP contribution in [-0.2, 0) is 22.3 Å². The van der Waals surface area contributed by atoms with Crippen LogP contribution in [0.4, 0.5) is 18.9 Å². The summed E-state index contributed by atoms with van der Waals surface area (Å²) in [7, 11) is 0. The number of benzene rings is 3. The van der Waals surface area contributed by atoms with Crippen molar-refractivity contribution in [1.82, 2.24) is 0 Å². The summed E-state index contributed by atoms with van der Waals surface area (Å²) in [6.07, 6.45) is -3.14. The number of nitrogens with zero attached hydrogens (tertiary/aromatic N) is 1. The highest BCUT2D eigenvalue weighted by Crippen LogP contribution is 2.36. The lowest BCUT2D eigenvalue weighted by molar-refractivity contribution is -0.137. The minimum Gasteiger partial charge on any atom is -0.375 e. The zero-order valence-corrected chi connectivity index (χ0v) is 18.4. The van der Waals surface area contributed by atoms with Gasteiger partial charge in [0.1, 0.15) is 0 Å². The predicted molar refractivity (Wildman–Crippen MR) is 122 cm³/mol. The molecule has 3 nitrogen and oxygen atoms in total. The average molecular weight is 454 g/mol. The number of ether oxygens (including phenoxy) is 1. The summed E-state index contributed by atoms with van der Waals surface area (Å²) >= 11 is 0. The Labute approximate surface area is 191 Å². The lowest BCUT2D eigenvalue weighted by Gasteiger charge is -2.39. The van der Waals surface area contributed by atoms with Crippen molar-refractivity contribution in [3.63, 3.8) is 0 Å². The molecule has 33 heavy (non-hydrogen) atoms. The Morgan fingerprint density at radius 2 is 1.58 bits per heavy atom. The van der Waals surface area contributed by atoms with Gasteiger partial charge in [0.25, 0.3) is 0 Å². The lowest BCUT2D eigenvalue weighted by Crippen LogP contribution is -2.49. The molecule has 1 aliphatic rings. The van der Waals surface area contributed by atoms with E-state index in [2.05, 4.69) is 0 Å². The maximum atomic E-state index is 13.6. The predicted octanol–water partition coefficient (Wildman–Crippen LogP) is 6.51. The van der Waals surface area contributed by atoms with Gasteiger partial charge in [-0.15, -0.1) is 0 Å². The minimum atomic E-state index is -4.40. The van der Waals surface area contributed by atoms with Crippen LogP contribution in [0.15, 0.2) is 78.9 Å². The molecular formula is C27H26F3NO2. The molecule has 2 atom stereocenters. The van der Waals surface area contributed by atoms with E-state index in [0.717, 1.165) is 28.9 Å². The Morgan fingerprint density at radius 1 is 0.909 bits per heavy atom. The Kier molecular flexibility index (Phi) is 6.84. The van der Waals surface area contributed by atoms with Crippen molar-refractivity contribution in [2.45, 2.75) is 44.5 Å². The third kappa shape index (κ3) is 5.45. The van der Waals surface area contributed by atoms with Crippen LogP contribution in [0.2, 0.25) is 0 Å². The largest absolute Gasteiger partial charge is 0.416 e. The van der Waals surface area contributed by atoms with Crippen molar-refractivity contribution in [3.05, 3.63) is 101 Å². The van der Waals surface area contributed by atoms with Crippen molar-refractivity contribution in [2.24, 2.45) is 0 Å². The molecule has 1 fully saturated rings. The van der Waals surface area contributed by atoms with Crippen LogP contribution < -0.4 is 4.90 Å². The van der Waals surface area contributed by atoms with Gasteiger partial charge >= 0.3 is 6.18 Å². The smallest absolute Gasteiger partial charge is 0.375 e. The first-order valence-corrected chi connectivity index (χ1v) is 11.0. The number of carbonyl (C=O) groups is 1. The molecule has 0 spiro atoms. The third-order valence-electron chi connectivity index (χ3n) is 6.06. The Hall–Kier alpha value is -3.12. The van der Waals surface area contributed by atoms with Gasteiger partial charge in [0, 0.05) is 5.69 Å². The first-order chi connectivity index (χ1) is 15.8. The molecule has 1 aliphatic heterocycles. The number of halogens is 3. The van der Waals surface area contributed by atoms with Gasteiger partial charge in [-0.1, -0.05) is 60.2 Å². The Bertz CT molecular complexity index is 1060. The van der Waals surface area contributed by atoms with Gasteiger partial charge in [-0.2, -0.15) is 13.2 Å². The molecule has 6 heteroatoms. The fourth-order valence-electron chi connectivity index (χ4n) is 4.26. The molecule has 4 rings (SSSR count). The molecule has 0 N–H and O–H groups in total. The van der Waals surface area contributed by atoms with Crippen LogP contribution in [0.1, 0.15) is 41.0 Å².